The minimum absolute atomic E-state index is 0.160. The van der Waals surface area contributed by atoms with Crippen LogP contribution in [0.25, 0.3) is 0 Å². The third kappa shape index (κ3) is 6.03. The van der Waals surface area contributed by atoms with Gasteiger partial charge in [0.15, 0.2) is 0 Å². The van der Waals surface area contributed by atoms with Gasteiger partial charge in [-0.15, -0.1) is 11.8 Å². The summed E-state index contributed by atoms with van der Waals surface area (Å²) in [5.41, 5.74) is -0.450. The Hall–Kier alpha value is 0.0400. The summed E-state index contributed by atoms with van der Waals surface area (Å²) in [5, 5.41) is 20.8. The zero-order valence-corrected chi connectivity index (χ0v) is 18.9. The molecule has 3 aliphatic rings. The molecular formula is C20H36N2O4S2. The van der Waals surface area contributed by atoms with Crippen LogP contribution in [-0.4, -0.2) is 79.2 Å². The van der Waals surface area contributed by atoms with Crippen LogP contribution in [0.1, 0.15) is 46.5 Å². The van der Waals surface area contributed by atoms with Gasteiger partial charge in [-0.1, -0.05) is 12.2 Å². The summed E-state index contributed by atoms with van der Waals surface area (Å²) in [7, 11) is -1.22. The van der Waals surface area contributed by atoms with Gasteiger partial charge < -0.3 is 19.8 Å². The molecule has 3 N–H and O–H groups in total. The monoisotopic (exact) mass is 432 g/mol. The van der Waals surface area contributed by atoms with Crippen molar-refractivity contribution in [2.24, 2.45) is 5.92 Å². The lowest BCUT2D eigenvalue weighted by molar-refractivity contribution is -0.142. The number of nitrogens with zero attached hydrogens (tertiary/aromatic N) is 1. The maximum Gasteiger partial charge on any atom is 0.132 e. The molecule has 0 aliphatic carbocycles. The highest BCUT2D eigenvalue weighted by atomic mass is 32.2. The summed E-state index contributed by atoms with van der Waals surface area (Å²) in [6.07, 6.45) is 6.07. The van der Waals surface area contributed by atoms with Crippen LogP contribution >= 0.6 is 11.8 Å². The Bertz CT molecular complexity index is 563. The first-order valence-electron chi connectivity index (χ1n) is 10.4. The van der Waals surface area contributed by atoms with Crippen molar-refractivity contribution < 1.29 is 19.2 Å². The number of ether oxygens (including phenoxy) is 1. The number of aliphatic hydroxyl groups is 2. The second-order valence-corrected chi connectivity index (χ2v) is 12.3. The van der Waals surface area contributed by atoms with E-state index in [2.05, 4.69) is 21.8 Å². The van der Waals surface area contributed by atoms with E-state index in [1.165, 1.54) is 12.8 Å². The van der Waals surface area contributed by atoms with E-state index in [0.29, 0.717) is 18.8 Å². The topological polar surface area (TPSA) is 82.0 Å². The van der Waals surface area contributed by atoms with Crippen molar-refractivity contribution in [1.29, 1.82) is 0 Å². The Morgan fingerprint density at radius 2 is 2.00 bits per heavy atom. The van der Waals surface area contributed by atoms with Gasteiger partial charge in [0, 0.05) is 24.8 Å². The van der Waals surface area contributed by atoms with Crippen molar-refractivity contribution in [3.63, 3.8) is 0 Å². The predicted octanol–water partition coefficient (Wildman–Crippen LogP) is 1.65. The molecule has 2 saturated heterocycles. The smallest absolute Gasteiger partial charge is 0.132 e. The third-order valence-corrected chi connectivity index (χ3v) is 8.65. The summed E-state index contributed by atoms with van der Waals surface area (Å²) in [6, 6.07) is -0.160. The summed E-state index contributed by atoms with van der Waals surface area (Å²) < 4.78 is 21.7. The molecule has 2 fully saturated rings. The molecule has 0 aromatic rings. The molecule has 3 aliphatic heterocycles. The molecule has 28 heavy (non-hydrogen) atoms. The molecule has 0 aromatic heterocycles. The number of thioether (sulfide) groups is 1. The van der Waals surface area contributed by atoms with E-state index in [-0.39, 0.29) is 16.9 Å². The highest BCUT2D eigenvalue weighted by Crippen LogP contribution is 2.33. The lowest BCUT2D eigenvalue weighted by Crippen LogP contribution is -2.55. The van der Waals surface area contributed by atoms with Crippen molar-refractivity contribution in [1.82, 2.24) is 9.62 Å². The fraction of sp³-hybridized carbons (Fsp3) is 0.900. The maximum absolute atomic E-state index is 12.7. The van der Waals surface area contributed by atoms with Gasteiger partial charge in [0.1, 0.15) is 11.5 Å². The van der Waals surface area contributed by atoms with E-state index in [9.17, 15) is 14.4 Å². The van der Waals surface area contributed by atoms with Crippen LogP contribution in [-0.2, 0) is 15.7 Å². The van der Waals surface area contributed by atoms with E-state index in [4.69, 9.17) is 4.74 Å². The molecule has 3 heterocycles. The van der Waals surface area contributed by atoms with Crippen LogP contribution in [0.5, 0.6) is 0 Å². The highest BCUT2D eigenvalue weighted by molar-refractivity contribution is 7.99. The summed E-state index contributed by atoms with van der Waals surface area (Å²) >= 11 is 1.59. The van der Waals surface area contributed by atoms with Gasteiger partial charge in [-0.25, -0.2) is 8.93 Å². The number of fused-ring (bicyclic) bond motifs is 2. The van der Waals surface area contributed by atoms with Gasteiger partial charge in [0.2, 0.25) is 0 Å². The molecule has 0 saturated carbocycles. The first kappa shape index (κ1) is 22.7. The fourth-order valence-corrected chi connectivity index (χ4v) is 6.09. The zero-order chi connectivity index (χ0) is 20.3. The number of aliphatic hydroxyl groups excluding tert-OH is 2. The Labute approximate surface area is 176 Å². The van der Waals surface area contributed by atoms with Gasteiger partial charge in [0.25, 0.3) is 0 Å². The molecule has 7 atom stereocenters. The van der Waals surface area contributed by atoms with Crippen molar-refractivity contribution in [3.8, 4) is 0 Å². The summed E-state index contributed by atoms with van der Waals surface area (Å²) in [6.45, 7) is 9.16. The van der Waals surface area contributed by atoms with Gasteiger partial charge in [-0.3, -0.25) is 0 Å². The first-order valence-corrected chi connectivity index (χ1v) is 12.6. The molecule has 2 unspecified atom stereocenters. The molecular weight excluding hydrogens is 396 g/mol. The number of rotatable bonds is 4. The quantitative estimate of drug-likeness (QED) is 0.586. The molecule has 162 valence electrons. The molecule has 0 amide bonds. The number of hydrogen-bond acceptors (Lipinski definition) is 6. The average molecular weight is 433 g/mol. The highest BCUT2D eigenvalue weighted by Gasteiger charge is 2.41. The van der Waals surface area contributed by atoms with E-state index < -0.39 is 28.6 Å². The molecule has 0 aromatic carbocycles. The first-order chi connectivity index (χ1) is 13.2. The van der Waals surface area contributed by atoms with Gasteiger partial charge in [-0.05, 0) is 59.0 Å². The van der Waals surface area contributed by atoms with E-state index in [1.54, 1.807) is 11.8 Å². The largest absolute Gasteiger partial charge is 0.390 e. The molecule has 3 rings (SSSR count). The Morgan fingerprint density at radius 1 is 1.29 bits per heavy atom. The molecule has 6 nitrogen and oxygen atoms in total. The van der Waals surface area contributed by atoms with Crippen LogP contribution in [0.3, 0.4) is 0 Å². The molecule has 0 spiro atoms. The Kier molecular flexibility index (Phi) is 8.03. The number of likely N-dealkylation sites (tertiary alicyclic amines) is 1. The van der Waals surface area contributed by atoms with Crippen LogP contribution in [0.2, 0.25) is 0 Å². The van der Waals surface area contributed by atoms with Crippen LogP contribution in [0.4, 0.5) is 0 Å². The fourth-order valence-electron chi connectivity index (χ4n) is 3.96. The standard InChI is InChI=1S/C20H36N2O4S2/c1-20(2,3)28(25)21-15-8-6-7-14(12-22-9-4-5-10-22)13-27-19-18(24)16(23)11-17(15)26-19/h6-7,14-19,21,23-24H,4-5,8-13H2,1-3H3/b7-6-/t14-,15+,16?,17-,18+,19?,28+/m0/s1. The summed E-state index contributed by atoms with van der Waals surface area (Å²) in [4.78, 5) is 2.50. The van der Waals surface area contributed by atoms with E-state index >= 15 is 0 Å². The van der Waals surface area contributed by atoms with Crippen molar-refractivity contribution in [2.45, 2.75) is 81.0 Å². The van der Waals surface area contributed by atoms with Crippen molar-refractivity contribution in [2.75, 3.05) is 25.4 Å². The second kappa shape index (κ2) is 9.90. The lowest BCUT2D eigenvalue weighted by atomic mass is 9.96. The summed E-state index contributed by atoms with van der Waals surface area (Å²) in [5.74, 6) is 1.24. The van der Waals surface area contributed by atoms with Crippen LogP contribution in [0, 0.1) is 5.92 Å². The van der Waals surface area contributed by atoms with Crippen molar-refractivity contribution >= 4 is 22.7 Å². The van der Waals surface area contributed by atoms with Gasteiger partial charge >= 0.3 is 0 Å². The SMILES string of the molecule is CC(C)(C)[S@@](=O)N[C@@H]1C/C=C\[C@@H](CN2CCCC2)CSC2O[C@H]1CC(O)[C@H]2O. The minimum Gasteiger partial charge on any atom is -0.390 e. The zero-order valence-electron chi connectivity index (χ0n) is 17.3. The third-order valence-electron chi connectivity index (χ3n) is 5.68. The Morgan fingerprint density at radius 3 is 2.68 bits per heavy atom. The predicted molar refractivity (Wildman–Crippen MR) is 115 cm³/mol. The van der Waals surface area contributed by atoms with E-state index in [1.807, 2.05) is 20.8 Å². The van der Waals surface area contributed by atoms with Crippen molar-refractivity contribution in [3.05, 3.63) is 12.2 Å². The molecule has 2 bridgehead atoms. The lowest BCUT2D eigenvalue weighted by Gasteiger charge is -2.41. The normalized spacial score (nSPS) is 40.2. The van der Waals surface area contributed by atoms with Crippen LogP contribution < -0.4 is 4.72 Å². The maximum atomic E-state index is 12.7. The minimum atomic E-state index is -1.22. The van der Waals surface area contributed by atoms with E-state index in [0.717, 1.165) is 25.4 Å². The molecule has 0 radical (unpaired) electrons. The number of nitrogens with one attached hydrogen (secondary N) is 1. The Balaban J connectivity index is 1.74. The number of hydrogen-bond donors (Lipinski definition) is 3. The van der Waals surface area contributed by atoms with Crippen LogP contribution in [0.15, 0.2) is 12.2 Å². The average Bonchev–Trinajstić information content (AvgIpc) is 3.13. The van der Waals surface area contributed by atoms with Gasteiger partial charge in [-0.2, -0.15) is 0 Å². The van der Waals surface area contributed by atoms with Gasteiger partial charge in [0.05, 0.1) is 27.9 Å². The second-order valence-electron chi connectivity index (χ2n) is 9.21. The molecule has 8 heteroatoms.